The second-order valence-electron chi connectivity index (χ2n) is 9.70. The molecule has 2 heterocycles. The Morgan fingerprint density at radius 2 is 1.97 bits per heavy atom. The van der Waals surface area contributed by atoms with E-state index in [9.17, 15) is 14.3 Å². The van der Waals surface area contributed by atoms with Gasteiger partial charge in [0.05, 0.1) is 34.7 Å². The number of nitrogens with one attached hydrogen (secondary N) is 1. The second-order valence-corrected chi connectivity index (χ2v) is 10.1. The van der Waals surface area contributed by atoms with Crippen LogP contribution >= 0.6 is 11.6 Å². The number of amides is 1. The molecule has 2 N–H and O–H groups in total. The van der Waals surface area contributed by atoms with Gasteiger partial charge in [-0.3, -0.25) is 4.79 Å². The third-order valence-electron chi connectivity index (χ3n) is 7.14. The van der Waals surface area contributed by atoms with Crippen molar-refractivity contribution in [3.05, 3.63) is 65.0 Å². The quantitative estimate of drug-likeness (QED) is 0.587. The Balaban J connectivity index is 1.28. The first-order valence-electron chi connectivity index (χ1n) is 11.2. The molecule has 2 fully saturated rings. The van der Waals surface area contributed by atoms with Crippen molar-refractivity contribution >= 4 is 23.2 Å². The number of hydrogen-bond acceptors (Lipinski definition) is 4. The fourth-order valence-electron chi connectivity index (χ4n) is 5.82. The van der Waals surface area contributed by atoms with Crippen LogP contribution in [-0.4, -0.2) is 35.7 Å². The van der Waals surface area contributed by atoms with E-state index >= 15 is 0 Å². The monoisotopic (exact) mass is 471 g/mol. The molecule has 1 amide bonds. The number of benzene rings is 1. The van der Waals surface area contributed by atoms with E-state index in [1.54, 1.807) is 24.3 Å². The SMILES string of the molecule is Cn1cnc(CC2(O)CC3CC(c4ncn(C)c4C(=O)Nc4ccc(F)c(Cl)c4)CC3C2)c1. The van der Waals surface area contributed by atoms with E-state index in [1.807, 2.05) is 17.8 Å². The van der Waals surface area contributed by atoms with Gasteiger partial charge in [0.25, 0.3) is 5.91 Å². The molecule has 2 aliphatic carbocycles. The third kappa shape index (κ3) is 4.29. The molecule has 0 radical (unpaired) electrons. The molecule has 2 atom stereocenters. The Bertz CT molecular complexity index is 1190. The first kappa shape index (κ1) is 22.1. The number of nitrogens with zero attached hydrogens (tertiary/aromatic N) is 4. The van der Waals surface area contributed by atoms with Crippen LogP contribution < -0.4 is 5.32 Å². The lowest BCUT2D eigenvalue weighted by atomic mass is 9.89. The maximum Gasteiger partial charge on any atom is 0.274 e. The number of carbonyl (C=O) groups excluding carboxylic acids is 1. The van der Waals surface area contributed by atoms with Crippen molar-refractivity contribution in [3.63, 3.8) is 0 Å². The smallest absolute Gasteiger partial charge is 0.274 e. The molecule has 2 saturated carbocycles. The van der Waals surface area contributed by atoms with E-state index in [1.165, 1.54) is 18.2 Å². The van der Waals surface area contributed by atoms with E-state index in [0.717, 1.165) is 37.1 Å². The molecule has 33 heavy (non-hydrogen) atoms. The van der Waals surface area contributed by atoms with Crippen LogP contribution in [0, 0.1) is 17.7 Å². The molecule has 0 bridgehead atoms. The Hall–Kier alpha value is -2.71. The molecule has 7 nitrogen and oxygen atoms in total. The van der Waals surface area contributed by atoms with Crippen LogP contribution in [0.4, 0.5) is 10.1 Å². The molecule has 9 heteroatoms. The van der Waals surface area contributed by atoms with Crippen LogP contribution in [0.5, 0.6) is 0 Å². The van der Waals surface area contributed by atoms with Crippen molar-refractivity contribution in [2.24, 2.45) is 25.9 Å². The van der Waals surface area contributed by atoms with Gasteiger partial charge in [-0.25, -0.2) is 14.4 Å². The minimum Gasteiger partial charge on any atom is -0.389 e. The highest BCUT2D eigenvalue weighted by molar-refractivity contribution is 6.31. The molecule has 3 aromatic rings. The highest BCUT2D eigenvalue weighted by Crippen LogP contribution is 2.54. The second kappa shape index (κ2) is 8.25. The molecule has 2 unspecified atom stereocenters. The summed E-state index contributed by atoms with van der Waals surface area (Å²) in [5, 5.41) is 14.0. The lowest BCUT2D eigenvalue weighted by Crippen LogP contribution is -2.29. The summed E-state index contributed by atoms with van der Waals surface area (Å²) in [6.45, 7) is 0. The van der Waals surface area contributed by atoms with Gasteiger partial charge in [-0.2, -0.15) is 0 Å². The average Bonchev–Trinajstić information content (AvgIpc) is 3.48. The van der Waals surface area contributed by atoms with Crippen LogP contribution in [-0.2, 0) is 20.5 Å². The molecular weight excluding hydrogens is 445 g/mol. The highest BCUT2D eigenvalue weighted by Gasteiger charge is 2.50. The molecule has 2 aliphatic rings. The minimum atomic E-state index is -0.721. The number of anilines is 1. The lowest BCUT2D eigenvalue weighted by Gasteiger charge is -2.24. The van der Waals surface area contributed by atoms with Gasteiger partial charge in [0.1, 0.15) is 11.5 Å². The molecular formula is C24H27ClFN5O2. The fraction of sp³-hybridized carbons (Fsp3) is 0.458. The van der Waals surface area contributed by atoms with Crippen molar-refractivity contribution < 1.29 is 14.3 Å². The topological polar surface area (TPSA) is 85.0 Å². The van der Waals surface area contributed by atoms with Crippen molar-refractivity contribution in [1.29, 1.82) is 0 Å². The minimum absolute atomic E-state index is 0.0418. The lowest BCUT2D eigenvalue weighted by molar-refractivity contribution is 0.0376. The molecule has 174 valence electrons. The predicted octanol–water partition coefficient (Wildman–Crippen LogP) is 4.08. The van der Waals surface area contributed by atoms with Gasteiger partial charge in [-0.05, 0) is 55.7 Å². The van der Waals surface area contributed by atoms with Gasteiger partial charge >= 0.3 is 0 Å². The molecule has 1 aromatic carbocycles. The molecule has 5 rings (SSSR count). The van der Waals surface area contributed by atoms with Crippen LogP contribution in [0.25, 0.3) is 0 Å². The van der Waals surface area contributed by atoms with Gasteiger partial charge < -0.3 is 19.6 Å². The first-order valence-corrected chi connectivity index (χ1v) is 11.6. The van der Waals surface area contributed by atoms with Gasteiger partial charge in [-0.15, -0.1) is 0 Å². The van der Waals surface area contributed by atoms with Crippen molar-refractivity contribution in [1.82, 2.24) is 19.1 Å². The summed E-state index contributed by atoms with van der Waals surface area (Å²) < 4.78 is 17.1. The van der Waals surface area contributed by atoms with E-state index in [2.05, 4.69) is 15.3 Å². The number of hydrogen-bond donors (Lipinski definition) is 2. The Kier molecular flexibility index (Phi) is 5.53. The predicted molar refractivity (Wildman–Crippen MR) is 123 cm³/mol. The molecule has 0 aliphatic heterocycles. The van der Waals surface area contributed by atoms with Gasteiger partial charge in [0.2, 0.25) is 0 Å². The normalized spacial score (nSPS) is 26.5. The molecule has 2 aromatic heterocycles. The van der Waals surface area contributed by atoms with E-state index < -0.39 is 11.4 Å². The number of aliphatic hydroxyl groups is 1. The summed E-state index contributed by atoms with van der Waals surface area (Å²) in [7, 11) is 3.73. The summed E-state index contributed by atoms with van der Waals surface area (Å²) in [4.78, 5) is 22.0. The Morgan fingerprint density at radius 1 is 1.24 bits per heavy atom. The van der Waals surface area contributed by atoms with Crippen molar-refractivity contribution in [2.75, 3.05) is 5.32 Å². The number of rotatable bonds is 5. The number of halogens is 2. The number of aromatic nitrogens is 4. The standard InChI is InChI=1S/C24H27ClFN5O2/c1-30-11-18(27-12-30)10-24(33)8-15-5-14(6-16(15)9-24)21-22(31(2)13-28-21)23(32)29-17-3-4-20(26)19(25)7-17/h3-4,7,11-16,33H,5-6,8-10H2,1-2H3,(H,29,32). The zero-order chi connectivity index (χ0) is 23.3. The average molecular weight is 472 g/mol. The largest absolute Gasteiger partial charge is 0.389 e. The van der Waals surface area contributed by atoms with E-state index in [4.69, 9.17) is 11.6 Å². The maximum atomic E-state index is 13.5. The summed E-state index contributed by atoms with van der Waals surface area (Å²) in [6, 6.07) is 4.11. The summed E-state index contributed by atoms with van der Waals surface area (Å²) in [5.74, 6) is 0.140. The molecule has 0 saturated heterocycles. The van der Waals surface area contributed by atoms with Crippen LogP contribution in [0.1, 0.15) is 53.5 Å². The van der Waals surface area contributed by atoms with E-state index in [-0.39, 0.29) is 16.8 Å². The number of fused-ring (bicyclic) bond motifs is 1. The van der Waals surface area contributed by atoms with Crippen molar-refractivity contribution in [2.45, 2.75) is 43.6 Å². The first-order chi connectivity index (χ1) is 15.7. The summed E-state index contributed by atoms with van der Waals surface area (Å²) >= 11 is 5.85. The van der Waals surface area contributed by atoms with Crippen LogP contribution in [0.2, 0.25) is 5.02 Å². The number of carbonyl (C=O) groups is 1. The van der Waals surface area contributed by atoms with Gasteiger partial charge in [0, 0.05) is 38.3 Å². The fourth-order valence-corrected chi connectivity index (χ4v) is 6.00. The van der Waals surface area contributed by atoms with Crippen LogP contribution in [0.3, 0.4) is 0 Å². The van der Waals surface area contributed by atoms with E-state index in [0.29, 0.717) is 29.6 Å². The zero-order valence-electron chi connectivity index (χ0n) is 18.6. The van der Waals surface area contributed by atoms with Gasteiger partial charge in [0.15, 0.2) is 0 Å². The summed E-state index contributed by atoms with van der Waals surface area (Å²) in [5.41, 5.74) is 1.92. The maximum absolute atomic E-state index is 13.5. The van der Waals surface area contributed by atoms with Crippen molar-refractivity contribution in [3.8, 4) is 0 Å². The Labute approximate surface area is 196 Å². The number of imidazole rings is 2. The highest BCUT2D eigenvalue weighted by atomic mass is 35.5. The third-order valence-corrected chi connectivity index (χ3v) is 7.43. The molecule has 0 spiro atoms. The summed E-state index contributed by atoms with van der Waals surface area (Å²) in [6.07, 6.45) is 9.24. The number of aryl methyl sites for hydroxylation is 2. The van der Waals surface area contributed by atoms with Crippen LogP contribution in [0.15, 0.2) is 37.1 Å². The Morgan fingerprint density at radius 3 is 2.61 bits per heavy atom. The van der Waals surface area contributed by atoms with Gasteiger partial charge in [-0.1, -0.05) is 11.6 Å². The zero-order valence-corrected chi connectivity index (χ0v) is 19.4.